The molecule has 0 radical (unpaired) electrons. The first-order chi connectivity index (χ1) is 18.3. The highest BCUT2D eigenvalue weighted by Gasteiger charge is 2.29. The number of piperidine rings is 1. The molecule has 1 aliphatic heterocycles. The number of rotatable bonds is 6. The maximum atomic E-state index is 13.8. The first kappa shape index (κ1) is 25.7. The Hall–Kier alpha value is -3.89. The average molecular weight is 528 g/mol. The van der Waals surface area contributed by atoms with E-state index in [2.05, 4.69) is 9.97 Å². The van der Waals surface area contributed by atoms with E-state index in [-0.39, 0.29) is 37.2 Å². The molecule has 3 aromatic heterocycles. The predicted octanol–water partition coefficient (Wildman–Crippen LogP) is 5.08. The number of benzene rings is 1. The predicted molar refractivity (Wildman–Crippen MR) is 136 cm³/mol. The van der Waals surface area contributed by atoms with Crippen LogP contribution in [0.2, 0.25) is 0 Å². The molecule has 1 saturated heterocycles. The van der Waals surface area contributed by atoms with Crippen molar-refractivity contribution in [3.8, 4) is 0 Å². The molecule has 4 aromatic rings. The van der Waals surface area contributed by atoms with Crippen molar-refractivity contribution in [3.63, 3.8) is 0 Å². The molecule has 11 heteroatoms. The van der Waals surface area contributed by atoms with E-state index in [1.165, 1.54) is 7.11 Å². The fraction of sp³-hybridized carbons (Fsp3) is 0.407. The molecular formula is C27H28F3N5O3. The van der Waals surface area contributed by atoms with Crippen LogP contribution >= 0.6 is 0 Å². The van der Waals surface area contributed by atoms with Crippen LogP contribution in [0.1, 0.15) is 43.0 Å². The van der Waals surface area contributed by atoms with Crippen LogP contribution in [0.15, 0.2) is 53.7 Å². The third kappa shape index (κ3) is 5.09. The Labute approximate surface area is 216 Å². The maximum absolute atomic E-state index is 13.8. The second-order valence-corrected chi connectivity index (χ2v) is 9.53. The van der Waals surface area contributed by atoms with Crippen molar-refractivity contribution in [2.45, 2.75) is 50.9 Å². The van der Waals surface area contributed by atoms with E-state index >= 15 is 0 Å². The summed E-state index contributed by atoms with van der Waals surface area (Å²) < 4.78 is 46.9. The van der Waals surface area contributed by atoms with Crippen molar-refractivity contribution in [1.29, 1.82) is 0 Å². The Balaban J connectivity index is 1.52. The number of alkyl halides is 3. The number of carbonyl (C=O) groups excluding carboxylic acids is 1. The van der Waals surface area contributed by atoms with Gasteiger partial charge in [0, 0.05) is 43.3 Å². The number of imidazole rings is 1. The molecule has 0 N–H and O–H groups in total. The molecule has 0 unspecified atom stereocenters. The highest BCUT2D eigenvalue weighted by Crippen LogP contribution is 2.29. The van der Waals surface area contributed by atoms with Gasteiger partial charge in [-0.15, -0.1) is 0 Å². The SMILES string of the molecule is COC(=O)N1CCC(n2c(=O)n(Cc3ncc4ccccc4c3CCCC(F)(F)F)c3cnccc32)CC1. The zero-order chi connectivity index (χ0) is 26.9. The van der Waals surface area contributed by atoms with Crippen LogP contribution in [0.4, 0.5) is 18.0 Å². The van der Waals surface area contributed by atoms with Crippen LogP contribution in [0.25, 0.3) is 21.8 Å². The monoisotopic (exact) mass is 527 g/mol. The number of pyridine rings is 2. The Kier molecular flexibility index (Phi) is 7.09. The summed E-state index contributed by atoms with van der Waals surface area (Å²) in [7, 11) is 1.34. The summed E-state index contributed by atoms with van der Waals surface area (Å²) in [4.78, 5) is 36.1. The van der Waals surface area contributed by atoms with E-state index in [4.69, 9.17) is 4.74 Å². The summed E-state index contributed by atoms with van der Waals surface area (Å²) >= 11 is 0. The van der Waals surface area contributed by atoms with Gasteiger partial charge in [-0.25, -0.2) is 9.59 Å². The lowest BCUT2D eigenvalue weighted by Crippen LogP contribution is -2.41. The van der Waals surface area contributed by atoms with Gasteiger partial charge in [0.15, 0.2) is 0 Å². The number of carbonyl (C=O) groups is 1. The molecule has 0 bridgehead atoms. The van der Waals surface area contributed by atoms with Gasteiger partial charge in [0.2, 0.25) is 0 Å². The zero-order valence-corrected chi connectivity index (χ0v) is 20.9. The van der Waals surface area contributed by atoms with Crippen LogP contribution in [0.3, 0.4) is 0 Å². The fourth-order valence-electron chi connectivity index (χ4n) is 5.36. The summed E-state index contributed by atoms with van der Waals surface area (Å²) in [6.07, 6.45) is 0.751. The third-order valence-corrected chi connectivity index (χ3v) is 7.22. The van der Waals surface area contributed by atoms with Gasteiger partial charge in [0.05, 0.1) is 36.6 Å². The van der Waals surface area contributed by atoms with E-state index in [9.17, 15) is 22.8 Å². The third-order valence-electron chi connectivity index (χ3n) is 7.22. The molecule has 4 heterocycles. The van der Waals surface area contributed by atoms with E-state index in [0.29, 0.717) is 37.1 Å². The molecule has 0 saturated carbocycles. The minimum absolute atomic E-state index is 0.0663. The van der Waals surface area contributed by atoms with Crippen LogP contribution in [0, 0.1) is 0 Å². The van der Waals surface area contributed by atoms with Gasteiger partial charge in [-0.05, 0) is 42.7 Å². The van der Waals surface area contributed by atoms with Crippen molar-refractivity contribution < 1.29 is 22.7 Å². The number of aryl methyl sites for hydroxylation is 1. The first-order valence-electron chi connectivity index (χ1n) is 12.6. The smallest absolute Gasteiger partial charge is 0.409 e. The van der Waals surface area contributed by atoms with Crippen LogP contribution in [-0.4, -0.2) is 56.5 Å². The van der Waals surface area contributed by atoms with Gasteiger partial charge < -0.3 is 9.64 Å². The quantitative estimate of drug-likeness (QED) is 0.349. The lowest BCUT2D eigenvalue weighted by atomic mass is 9.99. The topological polar surface area (TPSA) is 82.2 Å². The summed E-state index contributed by atoms with van der Waals surface area (Å²) in [6, 6.07) is 9.14. The summed E-state index contributed by atoms with van der Waals surface area (Å²) in [5.74, 6) is 0. The average Bonchev–Trinajstić information content (AvgIpc) is 3.19. The van der Waals surface area contributed by atoms with E-state index < -0.39 is 12.6 Å². The fourth-order valence-corrected chi connectivity index (χ4v) is 5.36. The minimum Gasteiger partial charge on any atom is -0.453 e. The number of hydrogen-bond donors (Lipinski definition) is 0. The molecule has 5 rings (SSSR count). The van der Waals surface area contributed by atoms with E-state index in [0.717, 1.165) is 21.9 Å². The van der Waals surface area contributed by atoms with Gasteiger partial charge in [-0.1, -0.05) is 24.3 Å². The van der Waals surface area contributed by atoms with Crippen LogP contribution in [-0.2, 0) is 17.7 Å². The van der Waals surface area contributed by atoms with Crippen molar-refractivity contribution in [1.82, 2.24) is 24.0 Å². The van der Waals surface area contributed by atoms with Crippen LogP contribution in [0.5, 0.6) is 0 Å². The molecule has 0 aliphatic carbocycles. The Bertz CT molecular complexity index is 1520. The maximum Gasteiger partial charge on any atom is 0.409 e. The van der Waals surface area contributed by atoms with Crippen molar-refractivity contribution >= 4 is 27.9 Å². The molecule has 1 aromatic carbocycles. The van der Waals surface area contributed by atoms with E-state index in [1.807, 2.05) is 24.3 Å². The van der Waals surface area contributed by atoms with Gasteiger partial charge in [-0.3, -0.25) is 19.1 Å². The number of ether oxygens (including phenoxy) is 1. The highest BCUT2D eigenvalue weighted by molar-refractivity contribution is 5.85. The van der Waals surface area contributed by atoms with Crippen LogP contribution < -0.4 is 5.69 Å². The molecule has 0 atom stereocenters. The lowest BCUT2D eigenvalue weighted by Gasteiger charge is -2.31. The molecule has 8 nitrogen and oxygen atoms in total. The first-order valence-corrected chi connectivity index (χ1v) is 12.6. The Morgan fingerprint density at radius 2 is 1.87 bits per heavy atom. The lowest BCUT2D eigenvalue weighted by molar-refractivity contribution is -0.135. The number of aromatic nitrogens is 4. The Morgan fingerprint density at radius 3 is 2.61 bits per heavy atom. The summed E-state index contributed by atoms with van der Waals surface area (Å²) in [6.45, 7) is 1.05. The number of halogens is 3. The molecule has 1 fully saturated rings. The number of fused-ring (bicyclic) bond motifs is 2. The number of likely N-dealkylation sites (tertiary alicyclic amines) is 1. The highest BCUT2D eigenvalue weighted by atomic mass is 19.4. The standard InChI is InChI=1S/C27H28F3N5O3/c1-38-26(37)33-13-9-19(10-14-33)35-23-8-12-31-16-24(23)34(25(35)36)17-22-21(7-4-11-27(28,29)30)20-6-3-2-5-18(20)15-32-22/h2-3,5-6,8,12,15-16,19H,4,7,9-11,13-14,17H2,1H3. The second-order valence-electron chi connectivity index (χ2n) is 9.53. The summed E-state index contributed by atoms with van der Waals surface area (Å²) in [5.41, 5.74) is 2.40. The van der Waals surface area contributed by atoms with Gasteiger partial charge >= 0.3 is 18.0 Å². The molecule has 1 amide bonds. The molecular weight excluding hydrogens is 499 g/mol. The summed E-state index contributed by atoms with van der Waals surface area (Å²) in [5, 5.41) is 1.68. The normalized spacial score (nSPS) is 14.9. The van der Waals surface area contributed by atoms with Crippen molar-refractivity contribution in [2.75, 3.05) is 20.2 Å². The Morgan fingerprint density at radius 1 is 1.11 bits per heavy atom. The molecule has 38 heavy (non-hydrogen) atoms. The van der Waals surface area contributed by atoms with E-state index in [1.54, 1.807) is 38.7 Å². The van der Waals surface area contributed by atoms with Crippen molar-refractivity contribution in [3.05, 3.63) is 70.7 Å². The second kappa shape index (κ2) is 10.5. The largest absolute Gasteiger partial charge is 0.453 e. The molecule has 200 valence electrons. The number of nitrogens with zero attached hydrogens (tertiary/aromatic N) is 5. The number of hydrogen-bond acceptors (Lipinski definition) is 5. The number of amides is 1. The zero-order valence-electron chi connectivity index (χ0n) is 20.9. The van der Waals surface area contributed by atoms with Gasteiger partial charge in [-0.2, -0.15) is 13.2 Å². The van der Waals surface area contributed by atoms with Crippen molar-refractivity contribution in [2.24, 2.45) is 0 Å². The number of methoxy groups -OCH3 is 1. The minimum atomic E-state index is -4.24. The van der Waals surface area contributed by atoms with Gasteiger partial charge in [0.25, 0.3) is 0 Å². The molecule has 0 spiro atoms. The molecule has 1 aliphatic rings. The van der Waals surface area contributed by atoms with Gasteiger partial charge in [0.1, 0.15) is 0 Å².